The summed E-state index contributed by atoms with van der Waals surface area (Å²) in [6.07, 6.45) is 5.02. The molecule has 188 valence electrons. The van der Waals surface area contributed by atoms with Crippen LogP contribution in [0.1, 0.15) is 36.2 Å². The Morgan fingerprint density at radius 3 is 2.68 bits per heavy atom. The van der Waals surface area contributed by atoms with Crippen LogP contribution < -0.4 is 5.32 Å². The third-order valence-corrected chi connectivity index (χ3v) is 6.37. The van der Waals surface area contributed by atoms with Gasteiger partial charge in [-0.05, 0) is 49.6 Å². The first-order chi connectivity index (χ1) is 18.1. The lowest BCUT2D eigenvalue weighted by Crippen LogP contribution is -2.30. The average molecular weight is 497 g/mol. The molecule has 5 rings (SSSR count). The molecule has 3 aromatic heterocycles. The van der Waals surface area contributed by atoms with Crippen LogP contribution in [0, 0.1) is 11.3 Å². The van der Waals surface area contributed by atoms with E-state index >= 15 is 0 Å². The smallest absolute Gasteiger partial charge is 0.224 e. The molecule has 10 heteroatoms. The van der Waals surface area contributed by atoms with Crippen LogP contribution in [0.3, 0.4) is 0 Å². The molecule has 1 saturated carbocycles. The molecule has 2 atom stereocenters. The fourth-order valence-electron chi connectivity index (χ4n) is 4.58. The van der Waals surface area contributed by atoms with E-state index in [0.29, 0.717) is 41.7 Å². The topological polar surface area (TPSA) is 124 Å². The maximum absolute atomic E-state index is 9.37. The number of hydrogen-bond donors (Lipinski definition) is 1. The molecule has 0 spiro atoms. The maximum atomic E-state index is 9.37. The Morgan fingerprint density at radius 2 is 1.84 bits per heavy atom. The second kappa shape index (κ2) is 11.2. The molecule has 1 aliphatic carbocycles. The summed E-state index contributed by atoms with van der Waals surface area (Å²) in [5.74, 6) is 0.493. The molecule has 10 nitrogen and oxygen atoms in total. The highest BCUT2D eigenvalue weighted by molar-refractivity contribution is 5.68. The summed E-state index contributed by atoms with van der Waals surface area (Å²) in [5.41, 5.74) is 5.05. The van der Waals surface area contributed by atoms with Crippen LogP contribution in [0.15, 0.2) is 54.7 Å². The van der Waals surface area contributed by atoms with Gasteiger partial charge in [0.25, 0.3) is 0 Å². The number of ether oxygens (including phenoxy) is 2. The molecule has 0 amide bonds. The molecule has 0 aliphatic heterocycles. The van der Waals surface area contributed by atoms with Crippen molar-refractivity contribution >= 4 is 5.95 Å². The van der Waals surface area contributed by atoms with E-state index in [1.54, 1.807) is 25.0 Å². The zero-order chi connectivity index (χ0) is 25.6. The van der Waals surface area contributed by atoms with Crippen molar-refractivity contribution < 1.29 is 9.47 Å². The largest absolute Gasteiger partial charge is 0.379 e. The van der Waals surface area contributed by atoms with Gasteiger partial charge >= 0.3 is 0 Å². The molecule has 1 unspecified atom stereocenters. The second-order valence-corrected chi connectivity index (χ2v) is 8.97. The number of hydrogen-bond acceptors (Lipinski definition) is 9. The summed E-state index contributed by atoms with van der Waals surface area (Å²) in [6, 6.07) is 17.4. The van der Waals surface area contributed by atoms with E-state index in [1.807, 2.05) is 48.7 Å². The van der Waals surface area contributed by atoms with Gasteiger partial charge in [-0.15, -0.1) is 5.10 Å². The Morgan fingerprint density at radius 1 is 1.00 bits per heavy atom. The normalized spacial score (nSPS) is 17.0. The number of aromatic nitrogens is 6. The van der Waals surface area contributed by atoms with Crippen molar-refractivity contribution in [3.8, 4) is 28.7 Å². The molecule has 37 heavy (non-hydrogen) atoms. The van der Waals surface area contributed by atoms with Crippen molar-refractivity contribution in [2.75, 3.05) is 19.5 Å². The molecule has 3 heterocycles. The highest BCUT2D eigenvalue weighted by Crippen LogP contribution is 2.28. The van der Waals surface area contributed by atoms with E-state index in [4.69, 9.17) is 19.4 Å². The number of nitrogens with zero attached hydrogens (tertiary/aromatic N) is 7. The molecule has 0 radical (unpaired) electrons. The molecule has 0 bridgehead atoms. The summed E-state index contributed by atoms with van der Waals surface area (Å²) in [7, 11) is 3.38. The van der Waals surface area contributed by atoms with Gasteiger partial charge in [-0.25, -0.2) is 14.6 Å². The van der Waals surface area contributed by atoms with Crippen LogP contribution in [0.4, 0.5) is 5.95 Å². The second-order valence-electron chi connectivity index (χ2n) is 8.97. The molecular formula is C27H28N8O2. The zero-order valence-corrected chi connectivity index (χ0v) is 20.8. The number of rotatable bonds is 9. The predicted molar refractivity (Wildman–Crippen MR) is 137 cm³/mol. The number of nitrogens with one attached hydrogen (secondary N) is 1. The lowest BCUT2D eigenvalue weighted by atomic mass is 10.1. The third-order valence-electron chi connectivity index (χ3n) is 6.37. The van der Waals surface area contributed by atoms with Gasteiger partial charge in [0.05, 0.1) is 65.9 Å². The van der Waals surface area contributed by atoms with Crippen molar-refractivity contribution in [2.45, 2.75) is 44.6 Å². The Labute approximate surface area is 215 Å². The first kappa shape index (κ1) is 24.5. The predicted octanol–water partition coefficient (Wildman–Crippen LogP) is 3.84. The first-order valence-corrected chi connectivity index (χ1v) is 12.2. The standard InChI is InChI=1S/C27H28N8O2/c1-36-17-21-9-4-8-20(29-21)15-35-16-25(33-34-35)24-13-23(19-7-3-6-18(12-19)14-28)31-27(32-24)30-22-10-5-11-26(22)37-2/h3-4,6-9,12-13,16,22,26H,5,10-11,15,17H2,1-2H3,(H,30,31,32)/t22?,26-/m1/s1. The van der Waals surface area contributed by atoms with Crippen LogP contribution in [0.25, 0.3) is 22.6 Å². The monoisotopic (exact) mass is 496 g/mol. The van der Waals surface area contributed by atoms with Crippen molar-refractivity contribution in [1.82, 2.24) is 29.9 Å². The SMILES string of the molecule is COCc1cccc(Cn2cc(-c3cc(-c4cccc(C#N)c4)nc(NC4CCC[C@H]4OC)n3)nn2)n1. The Kier molecular flexibility index (Phi) is 7.44. The summed E-state index contributed by atoms with van der Waals surface area (Å²) in [5, 5.41) is 21.5. The molecule has 1 aromatic carbocycles. The van der Waals surface area contributed by atoms with Gasteiger partial charge < -0.3 is 14.8 Å². The minimum atomic E-state index is 0.111. The summed E-state index contributed by atoms with van der Waals surface area (Å²) in [4.78, 5) is 14.2. The van der Waals surface area contributed by atoms with Crippen LogP contribution >= 0.6 is 0 Å². The number of methoxy groups -OCH3 is 2. The van der Waals surface area contributed by atoms with Crippen molar-refractivity contribution in [3.05, 3.63) is 71.7 Å². The van der Waals surface area contributed by atoms with Crippen LogP contribution in [-0.2, 0) is 22.6 Å². The molecule has 1 aliphatic rings. The van der Waals surface area contributed by atoms with Gasteiger partial charge in [0, 0.05) is 19.8 Å². The van der Waals surface area contributed by atoms with Crippen molar-refractivity contribution in [2.24, 2.45) is 0 Å². The van der Waals surface area contributed by atoms with Crippen LogP contribution in [0.5, 0.6) is 0 Å². The van der Waals surface area contributed by atoms with E-state index < -0.39 is 0 Å². The number of pyridine rings is 1. The molecular weight excluding hydrogens is 468 g/mol. The van der Waals surface area contributed by atoms with Gasteiger partial charge in [-0.3, -0.25) is 4.98 Å². The lowest BCUT2D eigenvalue weighted by Gasteiger charge is -2.20. The van der Waals surface area contributed by atoms with E-state index in [9.17, 15) is 5.26 Å². The summed E-state index contributed by atoms with van der Waals surface area (Å²) < 4.78 is 12.6. The average Bonchev–Trinajstić information content (AvgIpc) is 3.58. The third kappa shape index (κ3) is 5.80. The molecule has 1 N–H and O–H groups in total. The number of nitriles is 1. The first-order valence-electron chi connectivity index (χ1n) is 12.2. The quantitative estimate of drug-likeness (QED) is 0.368. The Bertz CT molecular complexity index is 1410. The van der Waals surface area contributed by atoms with E-state index in [0.717, 1.165) is 36.2 Å². The van der Waals surface area contributed by atoms with Crippen molar-refractivity contribution in [1.29, 1.82) is 5.26 Å². The van der Waals surface area contributed by atoms with Gasteiger partial charge in [0.1, 0.15) is 5.69 Å². The van der Waals surface area contributed by atoms with E-state index in [-0.39, 0.29) is 12.1 Å². The lowest BCUT2D eigenvalue weighted by molar-refractivity contribution is 0.101. The zero-order valence-electron chi connectivity index (χ0n) is 20.8. The number of benzene rings is 1. The van der Waals surface area contributed by atoms with Gasteiger partial charge in [0.2, 0.25) is 5.95 Å². The molecule has 1 fully saturated rings. The molecule has 0 saturated heterocycles. The van der Waals surface area contributed by atoms with Crippen molar-refractivity contribution in [3.63, 3.8) is 0 Å². The maximum Gasteiger partial charge on any atom is 0.224 e. The van der Waals surface area contributed by atoms with Crippen LogP contribution in [-0.4, -0.2) is 56.3 Å². The highest BCUT2D eigenvalue weighted by atomic mass is 16.5. The van der Waals surface area contributed by atoms with E-state index in [2.05, 4.69) is 26.7 Å². The Hall–Kier alpha value is -4.20. The van der Waals surface area contributed by atoms with Gasteiger partial charge in [-0.1, -0.05) is 23.4 Å². The fraction of sp³-hybridized carbons (Fsp3) is 0.333. The Balaban J connectivity index is 1.47. The van der Waals surface area contributed by atoms with Gasteiger partial charge in [-0.2, -0.15) is 5.26 Å². The van der Waals surface area contributed by atoms with E-state index in [1.165, 1.54) is 0 Å². The fourth-order valence-corrected chi connectivity index (χ4v) is 4.58. The van der Waals surface area contributed by atoms with Crippen LogP contribution in [0.2, 0.25) is 0 Å². The van der Waals surface area contributed by atoms with Gasteiger partial charge in [0.15, 0.2) is 0 Å². The summed E-state index contributed by atoms with van der Waals surface area (Å²) in [6.45, 7) is 0.920. The highest BCUT2D eigenvalue weighted by Gasteiger charge is 2.28. The molecule has 4 aromatic rings. The number of anilines is 1. The summed E-state index contributed by atoms with van der Waals surface area (Å²) >= 11 is 0. The minimum absolute atomic E-state index is 0.111. The minimum Gasteiger partial charge on any atom is -0.379 e.